The number of hydrogen-bond donors (Lipinski definition) is 2. The number of benzene rings is 1. The van der Waals surface area contributed by atoms with Gasteiger partial charge in [0.05, 0.1) is 17.2 Å². The predicted octanol–water partition coefficient (Wildman–Crippen LogP) is 2.49. The molecule has 1 aromatic carbocycles. The Balaban J connectivity index is 2.84. The normalized spacial score (nSPS) is 10.4. The molecule has 0 unspecified atom stereocenters. The van der Waals surface area contributed by atoms with Gasteiger partial charge in [-0.25, -0.2) is 13.6 Å². The van der Waals surface area contributed by atoms with E-state index in [4.69, 9.17) is 18.0 Å². The predicted molar refractivity (Wildman–Crippen MR) is 74.0 cm³/mol. The van der Waals surface area contributed by atoms with E-state index in [0.717, 1.165) is 12.1 Å². The van der Waals surface area contributed by atoms with Crippen LogP contribution in [-0.4, -0.2) is 28.5 Å². The smallest absolute Gasteiger partial charge is 0.322 e. The van der Waals surface area contributed by atoms with Gasteiger partial charge >= 0.3 is 6.03 Å². The third-order valence-corrected chi connectivity index (χ3v) is 2.51. The third-order valence-electron chi connectivity index (χ3n) is 2.38. The van der Waals surface area contributed by atoms with Crippen molar-refractivity contribution in [2.75, 3.05) is 11.9 Å². The van der Waals surface area contributed by atoms with Crippen LogP contribution >= 0.6 is 12.2 Å². The molecule has 0 saturated carbocycles. The highest BCUT2D eigenvalue weighted by Crippen LogP contribution is 2.16. The molecule has 0 fully saturated rings. The molecule has 1 aromatic rings. The fraction of sp³-hybridized carbons (Fsp3) is 0.333. The van der Waals surface area contributed by atoms with Crippen LogP contribution in [0.5, 0.6) is 0 Å². The summed E-state index contributed by atoms with van der Waals surface area (Å²) >= 11 is 4.75. The number of nitrogens with one attached hydrogen (secondary N) is 1. The second-order valence-corrected chi connectivity index (χ2v) is 4.77. The maximum absolute atomic E-state index is 13.4. The Morgan fingerprint density at radius 3 is 2.58 bits per heavy atom. The average molecular weight is 287 g/mol. The van der Waals surface area contributed by atoms with Gasteiger partial charge in [0.1, 0.15) is 11.6 Å². The van der Waals surface area contributed by atoms with Gasteiger partial charge in [-0.15, -0.1) is 0 Å². The zero-order valence-electron chi connectivity index (χ0n) is 10.6. The van der Waals surface area contributed by atoms with Gasteiger partial charge in [-0.3, -0.25) is 0 Å². The number of rotatable bonds is 4. The minimum Gasteiger partial charge on any atom is -0.392 e. The number of urea groups is 1. The van der Waals surface area contributed by atoms with E-state index in [2.05, 4.69) is 5.32 Å². The zero-order chi connectivity index (χ0) is 14.6. The summed E-state index contributed by atoms with van der Waals surface area (Å²) in [5, 5.41) is 2.35. The molecule has 0 atom stereocenters. The Morgan fingerprint density at radius 1 is 1.47 bits per heavy atom. The number of nitrogens with zero attached hydrogens (tertiary/aromatic N) is 1. The van der Waals surface area contributed by atoms with Crippen LogP contribution in [0.15, 0.2) is 18.2 Å². The molecular weight excluding hydrogens is 272 g/mol. The summed E-state index contributed by atoms with van der Waals surface area (Å²) in [5.74, 6) is -1.55. The second kappa shape index (κ2) is 6.42. The largest absolute Gasteiger partial charge is 0.392 e. The van der Waals surface area contributed by atoms with Crippen molar-refractivity contribution in [1.29, 1.82) is 0 Å². The molecule has 0 radical (unpaired) electrons. The lowest BCUT2D eigenvalue weighted by Gasteiger charge is -2.26. The lowest BCUT2D eigenvalue weighted by molar-refractivity contribution is 0.206. The summed E-state index contributed by atoms with van der Waals surface area (Å²) in [5.41, 5.74) is 5.30. The highest BCUT2D eigenvalue weighted by Gasteiger charge is 2.19. The van der Waals surface area contributed by atoms with Gasteiger partial charge in [0, 0.05) is 12.1 Å². The van der Waals surface area contributed by atoms with E-state index in [-0.39, 0.29) is 23.3 Å². The first kappa shape index (κ1) is 15.3. The van der Waals surface area contributed by atoms with Crippen molar-refractivity contribution in [3.63, 3.8) is 0 Å². The first-order chi connectivity index (χ1) is 8.81. The molecule has 0 spiro atoms. The lowest BCUT2D eigenvalue weighted by atomic mass is 10.3. The van der Waals surface area contributed by atoms with Crippen LogP contribution in [0.3, 0.4) is 0 Å². The first-order valence-electron chi connectivity index (χ1n) is 5.62. The summed E-state index contributed by atoms with van der Waals surface area (Å²) in [7, 11) is 0. The number of nitrogens with two attached hydrogens (primary N) is 1. The van der Waals surface area contributed by atoms with Crippen molar-refractivity contribution >= 4 is 28.9 Å². The van der Waals surface area contributed by atoms with E-state index in [0.29, 0.717) is 6.07 Å². The monoisotopic (exact) mass is 287 g/mol. The van der Waals surface area contributed by atoms with Crippen molar-refractivity contribution < 1.29 is 13.6 Å². The Morgan fingerprint density at radius 2 is 2.11 bits per heavy atom. The van der Waals surface area contributed by atoms with E-state index in [1.807, 2.05) is 0 Å². The van der Waals surface area contributed by atoms with Gasteiger partial charge < -0.3 is 16.0 Å². The van der Waals surface area contributed by atoms with Gasteiger partial charge in [0.25, 0.3) is 0 Å². The lowest BCUT2D eigenvalue weighted by Crippen LogP contribution is -2.44. The van der Waals surface area contributed by atoms with Gasteiger partial charge in [0.2, 0.25) is 0 Å². The van der Waals surface area contributed by atoms with Crippen LogP contribution in [0.4, 0.5) is 19.3 Å². The molecule has 0 aliphatic carbocycles. The standard InChI is InChI=1S/C12H15F2N3OS/c1-7(2)17(6-11(15)19)12(18)16-10-4-3-8(13)5-9(10)14/h3-5,7H,6H2,1-2H3,(H2,15,19)(H,16,18). The summed E-state index contributed by atoms with van der Waals surface area (Å²) in [4.78, 5) is 13.5. The van der Waals surface area contributed by atoms with E-state index < -0.39 is 17.7 Å². The fourth-order valence-corrected chi connectivity index (χ4v) is 1.57. The van der Waals surface area contributed by atoms with Crippen LogP contribution in [0.2, 0.25) is 0 Å². The van der Waals surface area contributed by atoms with Gasteiger partial charge in [-0.2, -0.15) is 0 Å². The van der Waals surface area contributed by atoms with Gasteiger partial charge in [-0.05, 0) is 26.0 Å². The van der Waals surface area contributed by atoms with Crippen LogP contribution in [0, 0.1) is 11.6 Å². The van der Waals surface area contributed by atoms with E-state index in [9.17, 15) is 13.6 Å². The SMILES string of the molecule is CC(C)N(CC(N)=S)C(=O)Nc1ccc(F)cc1F. The Hall–Kier alpha value is -1.76. The fourth-order valence-electron chi connectivity index (χ4n) is 1.43. The maximum atomic E-state index is 13.4. The number of amides is 2. The second-order valence-electron chi connectivity index (χ2n) is 4.24. The quantitative estimate of drug-likeness (QED) is 0.837. The average Bonchev–Trinajstić information content (AvgIpc) is 2.29. The Bertz CT molecular complexity index is 494. The number of halogens is 2. The molecule has 4 nitrogen and oxygen atoms in total. The molecule has 0 aliphatic rings. The molecule has 2 amide bonds. The topological polar surface area (TPSA) is 58.4 Å². The molecule has 0 aliphatic heterocycles. The number of thiocarbonyl (C=S) groups is 1. The van der Waals surface area contributed by atoms with E-state index in [1.165, 1.54) is 4.90 Å². The number of hydrogen-bond acceptors (Lipinski definition) is 2. The zero-order valence-corrected chi connectivity index (χ0v) is 11.4. The first-order valence-corrected chi connectivity index (χ1v) is 6.03. The summed E-state index contributed by atoms with van der Waals surface area (Å²) in [6.07, 6.45) is 0. The van der Waals surface area contributed by atoms with Gasteiger partial charge in [-0.1, -0.05) is 12.2 Å². The van der Waals surface area contributed by atoms with Crippen LogP contribution in [0.25, 0.3) is 0 Å². The molecule has 0 bridgehead atoms. The third kappa shape index (κ3) is 4.44. The molecule has 0 heterocycles. The van der Waals surface area contributed by atoms with Gasteiger partial charge in [0.15, 0.2) is 0 Å². The van der Waals surface area contributed by atoms with Crippen molar-refractivity contribution in [3.8, 4) is 0 Å². The van der Waals surface area contributed by atoms with Crippen LogP contribution < -0.4 is 11.1 Å². The minimum atomic E-state index is -0.840. The van der Waals surface area contributed by atoms with Crippen molar-refractivity contribution in [2.24, 2.45) is 5.73 Å². The Kier molecular flexibility index (Phi) is 5.17. The number of carbonyl (C=O) groups is 1. The summed E-state index contributed by atoms with van der Waals surface area (Å²) in [6, 6.07) is 2.20. The van der Waals surface area contributed by atoms with E-state index >= 15 is 0 Å². The molecule has 19 heavy (non-hydrogen) atoms. The van der Waals surface area contributed by atoms with Crippen LogP contribution in [-0.2, 0) is 0 Å². The molecule has 7 heteroatoms. The van der Waals surface area contributed by atoms with Crippen molar-refractivity contribution in [3.05, 3.63) is 29.8 Å². The van der Waals surface area contributed by atoms with Crippen molar-refractivity contribution in [2.45, 2.75) is 19.9 Å². The highest BCUT2D eigenvalue weighted by molar-refractivity contribution is 7.80. The Labute approximate surface area is 115 Å². The molecule has 0 aromatic heterocycles. The number of carbonyl (C=O) groups excluding carboxylic acids is 1. The number of anilines is 1. The van der Waals surface area contributed by atoms with E-state index in [1.54, 1.807) is 13.8 Å². The molecule has 104 valence electrons. The van der Waals surface area contributed by atoms with Crippen molar-refractivity contribution in [1.82, 2.24) is 4.90 Å². The molecule has 3 N–H and O–H groups in total. The maximum Gasteiger partial charge on any atom is 0.322 e. The summed E-state index contributed by atoms with van der Waals surface area (Å²) in [6.45, 7) is 3.64. The highest BCUT2D eigenvalue weighted by atomic mass is 32.1. The van der Waals surface area contributed by atoms with Crippen LogP contribution in [0.1, 0.15) is 13.8 Å². The molecule has 0 saturated heterocycles. The summed E-state index contributed by atoms with van der Waals surface area (Å²) < 4.78 is 26.2. The molecule has 1 rings (SSSR count). The minimum absolute atomic E-state index is 0.0850. The molecular formula is C12H15F2N3OS.